The Balaban J connectivity index is 1.64. The number of carbonyl (C=O) groups is 1. The van der Waals surface area contributed by atoms with Crippen LogP contribution >= 0.6 is 11.3 Å². The third-order valence-electron chi connectivity index (χ3n) is 6.31. The van der Waals surface area contributed by atoms with Crippen molar-refractivity contribution in [1.29, 1.82) is 0 Å². The first kappa shape index (κ1) is 24.0. The van der Waals surface area contributed by atoms with Gasteiger partial charge in [0.15, 0.2) is 0 Å². The van der Waals surface area contributed by atoms with Crippen molar-refractivity contribution >= 4 is 34.1 Å². The summed E-state index contributed by atoms with van der Waals surface area (Å²) in [6.45, 7) is 11.1. The first-order valence-corrected chi connectivity index (χ1v) is 12.6. The van der Waals surface area contributed by atoms with E-state index in [2.05, 4.69) is 32.7 Å². The third-order valence-corrected chi connectivity index (χ3v) is 7.47. The minimum atomic E-state index is -0.0850. The summed E-state index contributed by atoms with van der Waals surface area (Å²) in [6.07, 6.45) is 6.56. The number of nitrogens with zero attached hydrogens (tertiary/aromatic N) is 1. The lowest BCUT2D eigenvalue weighted by Gasteiger charge is -2.33. The second kappa shape index (κ2) is 10.4. The van der Waals surface area contributed by atoms with Gasteiger partial charge in [0.2, 0.25) is 0 Å². The van der Waals surface area contributed by atoms with E-state index in [1.165, 1.54) is 10.4 Å². The SMILES string of the molecule is C=CCOc1ccc(C=Nc2sc3c(c2C(=O)Nc2ccccc2)CC[C@H](C(C)(C)C)C3)cc1. The normalized spacial score (nSPS) is 15.7. The minimum Gasteiger partial charge on any atom is -0.490 e. The first-order valence-electron chi connectivity index (χ1n) is 11.7. The van der Waals surface area contributed by atoms with E-state index in [9.17, 15) is 4.79 Å². The van der Waals surface area contributed by atoms with Gasteiger partial charge in [-0.15, -0.1) is 11.3 Å². The van der Waals surface area contributed by atoms with Gasteiger partial charge in [0.25, 0.3) is 5.91 Å². The zero-order chi connectivity index (χ0) is 24.1. The molecular weight excluding hydrogens is 440 g/mol. The number of benzene rings is 2. The summed E-state index contributed by atoms with van der Waals surface area (Å²) in [6, 6.07) is 17.4. The summed E-state index contributed by atoms with van der Waals surface area (Å²) in [4.78, 5) is 19.5. The molecule has 0 radical (unpaired) electrons. The molecule has 1 aliphatic rings. The van der Waals surface area contributed by atoms with Crippen LogP contribution in [0.3, 0.4) is 0 Å². The van der Waals surface area contributed by atoms with E-state index in [0.717, 1.165) is 46.8 Å². The van der Waals surface area contributed by atoms with Crippen LogP contribution in [0.25, 0.3) is 0 Å². The molecule has 4 rings (SSSR count). The van der Waals surface area contributed by atoms with E-state index in [1.54, 1.807) is 17.4 Å². The number of nitrogens with one attached hydrogen (secondary N) is 1. The van der Waals surface area contributed by atoms with Crippen LogP contribution < -0.4 is 10.1 Å². The lowest BCUT2D eigenvalue weighted by Crippen LogP contribution is -2.27. The van der Waals surface area contributed by atoms with Crippen LogP contribution in [0.5, 0.6) is 5.75 Å². The summed E-state index contributed by atoms with van der Waals surface area (Å²) >= 11 is 1.66. The maximum absolute atomic E-state index is 13.4. The van der Waals surface area contributed by atoms with Crippen LogP contribution in [0.2, 0.25) is 0 Å². The molecule has 0 saturated carbocycles. The summed E-state index contributed by atoms with van der Waals surface area (Å²) in [5.74, 6) is 1.31. The number of aliphatic imine (C=N–C) groups is 1. The maximum atomic E-state index is 13.4. The van der Waals surface area contributed by atoms with Crippen molar-refractivity contribution in [2.45, 2.75) is 40.0 Å². The van der Waals surface area contributed by atoms with E-state index >= 15 is 0 Å². The molecule has 5 heteroatoms. The molecule has 3 aromatic rings. The van der Waals surface area contributed by atoms with Crippen LogP contribution in [-0.4, -0.2) is 18.7 Å². The van der Waals surface area contributed by atoms with Crippen LogP contribution in [-0.2, 0) is 12.8 Å². The van der Waals surface area contributed by atoms with Crippen molar-refractivity contribution in [3.05, 3.63) is 88.8 Å². The molecule has 1 amide bonds. The maximum Gasteiger partial charge on any atom is 0.259 e. The number of carbonyl (C=O) groups excluding carboxylic acids is 1. The Bertz CT molecular complexity index is 1170. The first-order chi connectivity index (χ1) is 16.3. The van der Waals surface area contributed by atoms with Crippen molar-refractivity contribution in [3.63, 3.8) is 0 Å². The molecular formula is C29H32N2O2S. The lowest BCUT2D eigenvalue weighted by molar-refractivity contribution is 0.102. The smallest absolute Gasteiger partial charge is 0.259 e. The molecule has 0 bridgehead atoms. The van der Waals surface area contributed by atoms with E-state index in [4.69, 9.17) is 9.73 Å². The van der Waals surface area contributed by atoms with Crippen molar-refractivity contribution in [2.24, 2.45) is 16.3 Å². The number of para-hydroxylation sites is 1. The number of fused-ring (bicyclic) bond motifs is 1. The van der Waals surface area contributed by atoms with Gasteiger partial charge >= 0.3 is 0 Å². The fourth-order valence-corrected chi connectivity index (χ4v) is 5.56. The molecule has 1 aliphatic carbocycles. The molecule has 0 fully saturated rings. The van der Waals surface area contributed by atoms with Crippen molar-refractivity contribution in [1.82, 2.24) is 0 Å². The molecule has 0 aliphatic heterocycles. The van der Waals surface area contributed by atoms with Gasteiger partial charge in [0.1, 0.15) is 17.4 Å². The van der Waals surface area contributed by atoms with E-state index in [1.807, 2.05) is 60.8 Å². The van der Waals surface area contributed by atoms with Crippen LogP contribution in [0, 0.1) is 11.3 Å². The largest absolute Gasteiger partial charge is 0.490 e. The Morgan fingerprint density at radius 2 is 1.91 bits per heavy atom. The topological polar surface area (TPSA) is 50.7 Å². The second-order valence-corrected chi connectivity index (χ2v) is 10.8. The van der Waals surface area contributed by atoms with E-state index < -0.39 is 0 Å². The van der Waals surface area contributed by atoms with Gasteiger partial charge in [-0.2, -0.15) is 0 Å². The van der Waals surface area contributed by atoms with E-state index in [-0.39, 0.29) is 11.3 Å². The highest BCUT2D eigenvalue weighted by Gasteiger charge is 2.33. The average molecular weight is 473 g/mol. The molecule has 4 nitrogen and oxygen atoms in total. The average Bonchev–Trinajstić information content (AvgIpc) is 3.20. The van der Waals surface area contributed by atoms with Gasteiger partial charge in [0.05, 0.1) is 5.56 Å². The summed E-state index contributed by atoms with van der Waals surface area (Å²) < 4.78 is 5.56. The number of amides is 1. The Labute approximate surface area is 206 Å². The van der Waals surface area contributed by atoms with Crippen molar-refractivity contribution in [2.75, 3.05) is 11.9 Å². The summed E-state index contributed by atoms with van der Waals surface area (Å²) in [5.41, 5.74) is 3.88. The zero-order valence-electron chi connectivity index (χ0n) is 20.1. The summed E-state index contributed by atoms with van der Waals surface area (Å²) in [5, 5.41) is 3.85. The highest BCUT2D eigenvalue weighted by atomic mass is 32.1. The van der Waals surface area contributed by atoms with E-state index in [0.29, 0.717) is 12.5 Å². The minimum absolute atomic E-state index is 0.0850. The van der Waals surface area contributed by atoms with Crippen molar-refractivity contribution in [3.8, 4) is 5.75 Å². The molecule has 1 heterocycles. The van der Waals surface area contributed by atoms with Crippen molar-refractivity contribution < 1.29 is 9.53 Å². The van der Waals surface area contributed by atoms with Gasteiger partial charge in [-0.25, -0.2) is 4.99 Å². The number of hydrogen-bond acceptors (Lipinski definition) is 4. The molecule has 1 N–H and O–H groups in total. The monoisotopic (exact) mass is 472 g/mol. The Kier molecular flexibility index (Phi) is 7.32. The molecule has 1 aromatic heterocycles. The second-order valence-electron chi connectivity index (χ2n) is 9.74. The number of ether oxygens (including phenoxy) is 1. The Hall–Kier alpha value is -3.18. The predicted molar refractivity (Wildman–Crippen MR) is 143 cm³/mol. The molecule has 0 spiro atoms. The molecule has 1 atom stereocenters. The van der Waals surface area contributed by atoms with Gasteiger partial charge in [-0.05, 0) is 78.1 Å². The number of thiophene rings is 1. The van der Waals surface area contributed by atoms with Crippen LogP contribution in [0.4, 0.5) is 10.7 Å². The molecule has 34 heavy (non-hydrogen) atoms. The van der Waals surface area contributed by atoms with Crippen LogP contribution in [0.1, 0.15) is 53.6 Å². The predicted octanol–water partition coefficient (Wildman–Crippen LogP) is 7.47. The molecule has 0 saturated heterocycles. The Morgan fingerprint density at radius 3 is 2.59 bits per heavy atom. The standard InChI is InChI=1S/C29H32N2O2S/c1-5-17-33-23-14-11-20(12-15-23)19-30-28-26(27(32)31-22-9-7-6-8-10-22)24-16-13-21(29(2,3)4)18-25(24)34-28/h5-12,14-15,19,21H,1,13,16-18H2,2-4H3,(H,31,32)/t21-/m0/s1. The highest BCUT2D eigenvalue weighted by molar-refractivity contribution is 7.16. The van der Waals surface area contributed by atoms with Gasteiger partial charge in [-0.3, -0.25) is 4.79 Å². The Morgan fingerprint density at radius 1 is 1.18 bits per heavy atom. The number of rotatable bonds is 7. The van der Waals surface area contributed by atoms with Crippen LogP contribution in [0.15, 0.2) is 72.2 Å². The van der Waals surface area contributed by atoms with Gasteiger partial charge < -0.3 is 10.1 Å². The third kappa shape index (κ3) is 5.65. The zero-order valence-corrected chi connectivity index (χ0v) is 21.0. The number of hydrogen-bond donors (Lipinski definition) is 1. The fraction of sp³-hybridized carbons (Fsp3) is 0.310. The quantitative estimate of drug-likeness (QED) is 0.286. The number of anilines is 1. The van der Waals surface area contributed by atoms with Gasteiger partial charge in [0, 0.05) is 16.8 Å². The van der Waals surface area contributed by atoms with Gasteiger partial charge in [-0.1, -0.05) is 51.6 Å². The summed E-state index contributed by atoms with van der Waals surface area (Å²) in [7, 11) is 0. The lowest BCUT2D eigenvalue weighted by atomic mass is 9.72. The fourth-order valence-electron chi connectivity index (χ4n) is 4.29. The highest BCUT2D eigenvalue weighted by Crippen LogP contribution is 2.45. The molecule has 2 aromatic carbocycles. The molecule has 176 valence electrons. The molecule has 0 unspecified atom stereocenters.